The molecule has 0 radical (unpaired) electrons. The summed E-state index contributed by atoms with van der Waals surface area (Å²) in [5.74, 6) is 0.236. The van der Waals surface area contributed by atoms with E-state index in [0.29, 0.717) is 12.8 Å². The molecule has 3 N–H and O–H groups in total. The van der Waals surface area contributed by atoms with Crippen molar-refractivity contribution in [1.29, 1.82) is 0 Å². The largest absolute Gasteiger partial charge is 0.409 e. The second-order valence-corrected chi connectivity index (χ2v) is 3.40. The Morgan fingerprint density at radius 1 is 1.64 bits per heavy atom. The van der Waals surface area contributed by atoms with Crippen LogP contribution in [-0.4, -0.2) is 34.9 Å². The molecule has 14 heavy (non-hydrogen) atoms. The molecule has 1 amide bonds. The smallest absolute Gasteiger partial charge is 0.222 e. The number of amidine groups is 1. The Kier molecular flexibility index (Phi) is 5.67. The Bertz CT molecular complexity index is 216. The standard InChI is InChI=1S/C9H19N3O2/c1-4-5-9(13)12(3)7(2)6-8(10)11-14/h7,14H,4-6H2,1-3H3,(H2,10,11). The fourth-order valence-electron chi connectivity index (χ4n) is 1.12. The van der Waals surface area contributed by atoms with Crippen molar-refractivity contribution < 1.29 is 10.0 Å². The number of amides is 1. The van der Waals surface area contributed by atoms with E-state index < -0.39 is 0 Å². The fourth-order valence-corrected chi connectivity index (χ4v) is 1.12. The molecular weight excluding hydrogens is 182 g/mol. The van der Waals surface area contributed by atoms with E-state index >= 15 is 0 Å². The predicted molar refractivity (Wildman–Crippen MR) is 55.2 cm³/mol. The van der Waals surface area contributed by atoms with Crippen LogP contribution in [0.2, 0.25) is 0 Å². The number of carbonyl (C=O) groups excluding carboxylic acids is 1. The maximum Gasteiger partial charge on any atom is 0.222 e. The van der Waals surface area contributed by atoms with Gasteiger partial charge in [0.2, 0.25) is 5.91 Å². The van der Waals surface area contributed by atoms with Gasteiger partial charge in [0.15, 0.2) is 0 Å². The van der Waals surface area contributed by atoms with Crippen molar-refractivity contribution in [2.75, 3.05) is 7.05 Å². The number of hydrogen-bond acceptors (Lipinski definition) is 3. The lowest BCUT2D eigenvalue weighted by Gasteiger charge is -2.24. The van der Waals surface area contributed by atoms with Gasteiger partial charge in [0.25, 0.3) is 0 Å². The van der Waals surface area contributed by atoms with E-state index in [1.807, 2.05) is 13.8 Å². The van der Waals surface area contributed by atoms with E-state index in [0.717, 1.165) is 6.42 Å². The Labute approximate surface area is 84.6 Å². The highest BCUT2D eigenvalue weighted by Gasteiger charge is 2.15. The van der Waals surface area contributed by atoms with E-state index in [9.17, 15) is 4.79 Å². The topological polar surface area (TPSA) is 78.9 Å². The molecule has 0 aliphatic heterocycles. The molecule has 5 nitrogen and oxygen atoms in total. The molecule has 1 unspecified atom stereocenters. The summed E-state index contributed by atoms with van der Waals surface area (Å²) in [6, 6.07) is -0.0371. The maximum atomic E-state index is 11.4. The third-order valence-corrected chi connectivity index (χ3v) is 2.15. The van der Waals surface area contributed by atoms with Gasteiger partial charge < -0.3 is 15.8 Å². The Morgan fingerprint density at radius 3 is 2.64 bits per heavy atom. The Hall–Kier alpha value is -1.26. The van der Waals surface area contributed by atoms with Crippen molar-refractivity contribution in [2.24, 2.45) is 10.9 Å². The lowest BCUT2D eigenvalue weighted by Crippen LogP contribution is -2.37. The molecular formula is C9H19N3O2. The van der Waals surface area contributed by atoms with E-state index in [1.165, 1.54) is 0 Å². The first-order valence-electron chi connectivity index (χ1n) is 4.75. The molecule has 0 aromatic carbocycles. The molecule has 0 aromatic heterocycles. The van der Waals surface area contributed by atoms with Crippen molar-refractivity contribution in [3.8, 4) is 0 Å². The molecule has 0 aliphatic carbocycles. The highest BCUT2D eigenvalue weighted by molar-refractivity contribution is 5.81. The van der Waals surface area contributed by atoms with Gasteiger partial charge in [0.1, 0.15) is 5.84 Å². The van der Waals surface area contributed by atoms with Crippen molar-refractivity contribution in [1.82, 2.24) is 4.90 Å². The number of rotatable bonds is 5. The molecule has 5 heteroatoms. The zero-order chi connectivity index (χ0) is 11.1. The third-order valence-electron chi connectivity index (χ3n) is 2.15. The molecule has 0 aromatic rings. The molecule has 0 heterocycles. The monoisotopic (exact) mass is 201 g/mol. The van der Waals surface area contributed by atoms with Gasteiger partial charge in [0.05, 0.1) is 0 Å². The number of nitrogens with zero attached hydrogens (tertiary/aromatic N) is 2. The van der Waals surface area contributed by atoms with Gasteiger partial charge in [-0.05, 0) is 13.3 Å². The molecule has 0 aliphatic rings. The summed E-state index contributed by atoms with van der Waals surface area (Å²) in [4.78, 5) is 13.1. The summed E-state index contributed by atoms with van der Waals surface area (Å²) in [7, 11) is 1.73. The van der Waals surface area contributed by atoms with Gasteiger partial charge in [-0.2, -0.15) is 0 Å². The van der Waals surface area contributed by atoms with E-state index in [2.05, 4.69) is 5.16 Å². The van der Waals surface area contributed by atoms with Crippen LogP contribution in [0.25, 0.3) is 0 Å². The zero-order valence-electron chi connectivity index (χ0n) is 9.03. The van der Waals surface area contributed by atoms with Crippen LogP contribution in [0.5, 0.6) is 0 Å². The van der Waals surface area contributed by atoms with Crippen LogP contribution in [0.3, 0.4) is 0 Å². The van der Waals surface area contributed by atoms with Gasteiger partial charge in [-0.3, -0.25) is 4.79 Å². The number of hydrogen-bond donors (Lipinski definition) is 2. The number of carbonyl (C=O) groups is 1. The first-order valence-corrected chi connectivity index (χ1v) is 4.75. The molecule has 0 rings (SSSR count). The van der Waals surface area contributed by atoms with Crippen molar-refractivity contribution >= 4 is 11.7 Å². The van der Waals surface area contributed by atoms with Gasteiger partial charge in [-0.1, -0.05) is 12.1 Å². The summed E-state index contributed by atoms with van der Waals surface area (Å²) in [6.07, 6.45) is 1.76. The molecule has 0 spiro atoms. The second kappa shape index (κ2) is 6.23. The first kappa shape index (κ1) is 12.7. The minimum absolute atomic E-state index is 0.0371. The average molecular weight is 201 g/mol. The Balaban J connectivity index is 4.11. The van der Waals surface area contributed by atoms with Crippen LogP contribution in [0.4, 0.5) is 0 Å². The summed E-state index contributed by atoms with van der Waals surface area (Å²) in [5.41, 5.74) is 5.35. The predicted octanol–water partition coefficient (Wildman–Crippen LogP) is 0.770. The lowest BCUT2D eigenvalue weighted by molar-refractivity contribution is -0.131. The van der Waals surface area contributed by atoms with Crippen molar-refractivity contribution in [3.63, 3.8) is 0 Å². The van der Waals surface area contributed by atoms with Crippen LogP contribution >= 0.6 is 0 Å². The van der Waals surface area contributed by atoms with Crippen molar-refractivity contribution in [2.45, 2.75) is 39.2 Å². The van der Waals surface area contributed by atoms with E-state index in [-0.39, 0.29) is 17.8 Å². The van der Waals surface area contributed by atoms with E-state index in [4.69, 9.17) is 10.9 Å². The molecule has 1 atom stereocenters. The average Bonchev–Trinajstić information content (AvgIpc) is 2.16. The molecule has 82 valence electrons. The fraction of sp³-hybridized carbons (Fsp3) is 0.778. The summed E-state index contributed by atoms with van der Waals surface area (Å²) in [6.45, 7) is 3.82. The van der Waals surface area contributed by atoms with Crippen LogP contribution in [0, 0.1) is 0 Å². The zero-order valence-corrected chi connectivity index (χ0v) is 9.03. The quantitative estimate of drug-likeness (QED) is 0.298. The van der Waals surface area contributed by atoms with Crippen LogP contribution in [-0.2, 0) is 4.79 Å². The van der Waals surface area contributed by atoms with E-state index in [1.54, 1.807) is 11.9 Å². The first-order chi connectivity index (χ1) is 6.52. The van der Waals surface area contributed by atoms with Gasteiger partial charge in [-0.25, -0.2) is 0 Å². The van der Waals surface area contributed by atoms with Crippen LogP contribution in [0.1, 0.15) is 33.1 Å². The van der Waals surface area contributed by atoms with Crippen LogP contribution in [0.15, 0.2) is 5.16 Å². The Morgan fingerprint density at radius 2 is 2.21 bits per heavy atom. The minimum Gasteiger partial charge on any atom is -0.409 e. The minimum atomic E-state index is -0.0371. The lowest BCUT2D eigenvalue weighted by atomic mass is 10.2. The van der Waals surface area contributed by atoms with Crippen LogP contribution < -0.4 is 5.73 Å². The molecule has 0 bridgehead atoms. The molecule has 0 saturated heterocycles. The number of nitrogens with two attached hydrogens (primary N) is 1. The van der Waals surface area contributed by atoms with Gasteiger partial charge >= 0.3 is 0 Å². The number of oxime groups is 1. The highest BCUT2D eigenvalue weighted by atomic mass is 16.4. The molecule has 0 fully saturated rings. The van der Waals surface area contributed by atoms with Gasteiger partial charge in [0, 0.05) is 25.9 Å². The third kappa shape index (κ3) is 4.11. The SMILES string of the molecule is CCCC(=O)N(C)C(C)CC(N)=NO. The summed E-state index contributed by atoms with van der Waals surface area (Å²) in [5, 5.41) is 11.2. The summed E-state index contributed by atoms with van der Waals surface area (Å²) < 4.78 is 0. The molecule has 0 saturated carbocycles. The second-order valence-electron chi connectivity index (χ2n) is 3.40. The van der Waals surface area contributed by atoms with Crippen molar-refractivity contribution in [3.05, 3.63) is 0 Å². The normalized spacial score (nSPS) is 13.8. The highest BCUT2D eigenvalue weighted by Crippen LogP contribution is 2.04. The summed E-state index contributed by atoms with van der Waals surface area (Å²) >= 11 is 0. The maximum absolute atomic E-state index is 11.4. The van der Waals surface area contributed by atoms with Gasteiger partial charge in [-0.15, -0.1) is 0 Å².